The van der Waals surface area contributed by atoms with E-state index in [-0.39, 0.29) is 0 Å². The fourth-order valence-electron chi connectivity index (χ4n) is 4.83. The highest BCUT2D eigenvalue weighted by molar-refractivity contribution is 7.19. The number of piperidine rings is 1. The Morgan fingerprint density at radius 3 is 1.95 bits per heavy atom. The fourth-order valence-corrected chi connectivity index (χ4v) is 5.71. The molecule has 1 aliphatic rings. The minimum absolute atomic E-state index is 0.576. The van der Waals surface area contributed by atoms with Gasteiger partial charge in [0.15, 0.2) is 5.69 Å². The van der Waals surface area contributed by atoms with Crippen LogP contribution in [0.2, 0.25) is 0 Å². The molecule has 2 heterocycles. The average molecular weight is 569 g/mol. The van der Waals surface area contributed by atoms with Gasteiger partial charge in [-0.3, -0.25) is 0 Å². The first kappa shape index (κ1) is 27.1. The third kappa shape index (κ3) is 6.29. The van der Waals surface area contributed by atoms with E-state index in [9.17, 15) is 0 Å². The molecule has 9 heteroatoms. The minimum Gasteiger partial charge on any atom is -0.363 e. The number of benzene rings is 4. The third-order valence-electron chi connectivity index (χ3n) is 7.09. The Morgan fingerprint density at radius 2 is 1.26 bits per heavy atom. The third-order valence-corrected chi connectivity index (χ3v) is 8.12. The lowest BCUT2D eigenvalue weighted by molar-refractivity contribution is 0.580. The Balaban J connectivity index is 1.18. The summed E-state index contributed by atoms with van der Waals surface area (Å²) in [6.07, 6.45) is 3.82. The van der Waals surface area contributed by atoms with Gasteiger partial charge in [-0.2, -0.15) is 15.3 Å². The second-order valence-electron chi connectivity index (χ2n) is 10.0. The van der Waals surface area contributed by atoms with Crippen LogP contribution in [-0.2, 0) is 0 Å². The molecule has 8 nitrogen and oxygen atoms in total. The van der Waals surface area contributed by atoms with Gasteiger partial charge in [-0.1, -0.05) is 47.7 Å². The Labute approximate surface area is 248 Å². The van der Waals surface area contributed by atoms with Crippen molar-refractivity contribution in [1.82, 2.24) is 0 Å². The number of nitrogens with zero attached hydrogens (tertiary/aromatic N) is 8. The molecule has 1 aliphatic heterocycles. The number of thiophene rings is 1. The second-order valence-corrected chi connectivity index (χ2v) is 11.0. The van der Waals surface area contributed by atoms with E-state index in [1.165, 1.54) is 24.3 Å². The molecular formula is C33H28N8S. The summed E-state index contributed by atoms with van der Waals surface area (Å²) in [7, 11) is 0. The van der Waals surface area contributed by atoms with Crippen LogP contribution < -0.4 is 4.90 Å². The minimum atomic E-state index is 0.576. The van der Waals surface area contributed by atoms with Crippen LogP contribution in [0, 0.1) is 13.5 Å². The normalized spacial score (nSPS) is 14.0. The van der Waals surface area contributed by atoms with Crippen LogP contribution >= 0.6 is 11.3 Å². The zero-order valence-electron chi connectivity index (χ0n) is 23.2. The maximum Gasteiger partial charge on any atom is 0.187 e. The Bertz CT molecular complexity index is 1840. The average Bonchev–Trinajstić information content (AvgIpc) is 3.52. The van der Waals surface area contributed by atoms with Crippen molar-refractivity contribution < 1.29 is 0 Å². The Kier molecular flexibility index (Phi) is 8.15. The van der Waals surface area contributed by atoms with Gasteiger partial charge in [-0.25, -0.2) is 4.85 Å². The van der Waals surface area contributed by atoms with E-state index >= 15 is 0 Å². The topological polar surface area (TPSA) is 81.8 Å². The Morgan fingerprint density at radius 1 is 0.643 bits per heavy atom. The molecule has 6 rings (SSSR count). The molecule has 0 N–H and O–H groups in total. The summed E-state index contributed by atoms with van der Waals surface area (Å²) in [5.74, 6) is 0. The number of aryl methyl sites for hydroxylation is 1. The van der Waals surface area contributed by atoms with E-state index in [2.05, 4.69) is 46.5 Å². The van der Waals surface area contributed by atoms with Gasteiger partial charge < -0.3 is 4.90 Å². The summed E-state index contributed by atoms with van der Waals surface area (Å²) in [5, 5.41) is 31.0. The molecule has 0 bridgehead atoms. The van der Waals surface area contributed by atoms with E-state index in [4.69, 9.17) is 6.57 Å². The van der Waals surface area contributed by atoms with E-state index < -0.39 is 0 Å². The molecule has 5 aromatic rings. The first-order chi connectivity index (χ1) is 20.7. The van der Waals surface area contributed by atoms with Crippen molar-refractivity contribution in [1.29, 1.82) is 0 Å². The van der Waals surface area contributed by atoms with Crippen LogP contribution in [0.25, 0.3) is 15.6 Å². The van der Waals surface area contributed by atoms with Crippen molar-refractivity contribution in [2.24, 2.45) is 30.7 Å². The Hall–Kier alpha value is -5.07. The summed E-state index contributed by atoms with van der Waals surface area (Å²) < 4.78 is 0. The van der Waals surface area contributed by atoms with Gasteiger partial charge in [0.05, 0.1) is 40.0 Å². The van der Waals surface area contributed by atoms with Crippen molar-refractivity contribution >= 4 is 66.2 Å². The highest BCUT2D eigenvalue weighted by atomic mass is 32.1. The lowest BCUT2D eigenvalue weighted by atomic mass is 10.1. The molecule has 206 valence electrons. The summed E-state index contributed by atoms with van der Waals surface area (Å²) in [6, 6.07) is 28.8. The zero-order chi connectivity index (χ0) is 28.7. The molecule has 0 aliphatic carbocycles. The monoisotopic (exact) mass is 568 g/mol. The fraction of sp³-hybridized carbons (Fsp3) is 0.182. The number of azo groups is 3. The first-order valence-corrected chi connectivity index (χ1v) is 14.7. The van der Waals surface area contributed by atoms with Crippen LogP contribution in [0.1, 0.15) is 24.8 Å². The van der Waals surface area contributed by atoms with Gasteiger partial charge in [0.1, 0.15) is 5.00 Å². The highest BCUT2D eigenvalue weighted by Crippen LogP contribution is 2.38. The van der Waals surface area contributed by atoms with Crippen molar-refractivity contribution in [2.45, 2.75) is 26.2 Å². The molecule has 0 saturated carbocycles. The lowest BCUT2D eigenvalue weighted by Gasteiger charge is -2.26. The van der Waals surface area contributed by atoms with Gasteiger partial charge in [-0.15, -0.1) is 15.3 Å². The summed E-state index contributed by atoms with van der Waals surface area (Å²) in [5.41, 5.74) is 5.24. The molecule has 0 amide bonds. The molecular weight excluding hydrogens is 540 g/mol. The van der Waals surface area contributed by atoms with Gasteiger partial charge in [0, 0.05) is 23.9 Å². The molecule has 0 unspecified atom stereocenters. The number of hydrogen-bond acceptors (Lipinski definition) is 8. The lowest BCUT2D eigenvalue weighted by Crippen LogP contribution is -2.28. The largest absolute Gasteiger partial charge is 0.363 e. The molecule has 0 spiro atoms. The van der Waals surface area contributed by atoms with Crippen LogP contribution in [0.5, 0.6) is 0 Å². The predicted octanol–water partition coefficient (Wildman–Crippen LogP) is 12.0. The smallest absolute Gasteiger partial charge is 0.187 e. The predicted molar refractivity (Wildman–Crippen MR) is 171 cm³/mol. The summed E-state index contributed by atoms with van der Waals surface area (Å²) in [4.78, 5) is 5.84. The molecule has 42 heavy (non-hydrogen) atoms. The van der Waals surface area contributed by atoms with Crippen molar-refractivity contribution in [3.05, 3.63) is 108 Å². The summed E-state index contributed by atoms with van der Waals surface area (Å²) >= 11 is 1.69. The van der Waals surface area contributed by atoms with Crippen LogP contribution in [0.4, 0.5) is 44.1 Å². The molecule has 1 aromatic heterocycles. The van der Waals surface area contributed by atoms with E-state index in [1.807, 2.05) is 67.6 Å². The molecule has 0 radical (unpaired) electrons. The number of fused-ring (bicyclic) bond motifs is 1. The number of anilines is 1. The van der Waals surface area contributed by atoms with Gasteiger partial charge >= 0.3 is 0 Å². The molecule has 1 fully saturated rings. The maximum atomic E-state index is 7.06. The second kappa shape index (κ2) is 12.6. The van der Waals surface area contributed by atoms with Crippen molar-refractivity contribution in [2.75, 3.05) is 18.0 Å². The van der Waals surface area contributed by atoms with Crippen LogP contribution in [0.3, 0.4) is 0 Å². The summed E-state index contributed by atoms with van der Waals surface area (Å²) in [6.45, 7) is 11.3. The zero-order valence-corrected chi connectivity index (χ0v) is 24.0. The van der Waals surface area contributed by atoms with Gasteiger partial charge in [-0.05, 0) is 86.3 Å². The van der Waals surface area contributed by atoms with Gasteiger partial charge in [0.25, 0.3) is 0 Å². The number of rotatable bonds is 7. The SMILES string of the molecule is [C-]#[N+]c1ccc(N=Nc2ccc(N=Nc3ccc(N=Nc4ccc(N5CCCCC5)s4)c4ccccc34)cc2C)cc1. The van der Waals surface area contributed by atoms with E-state index in [0.717, 1.165) is 57.2 Å². The van der Waals surface area contributed by atoms with Crippen LogP contribution in [-0.4, -0.2) is 13.1 Å². The van der Waals surface area contributed by atoms with E-state index in [1.54, 1.807) is 35.6 Å². The highest BCUT2D eigenvalue weighted by Gasteiger charge is 2.13. The quantitative estimate of drug-likeness (QED) is 0.142. The molecule has 1 saturated heterocycles. The first-order valence-electron chi connectivity index (χ1n) is 13.9. The maximum absolute atomic E-state index is 7.06. The van der Waals surface area contributed by atoms with Crippen molar-refractivity contribution in [3.8, 4) is 0 Å². The van der Waals surface area contributed by atoms with E-state index in [0.29, 0.717) is 11.4 Å². The number of hydrogen-bond donors (Lipinski definition) is 0. The molecule has 4 aromatic carbocycles. The van der Waals surface area contributed by atoms with Crippen LogP contribution in [0.15, 0.2) is 122 Å². The molecule has 0 atom stereocenters. The standard InChI is InChI=1S/C33H28N8S/c1-23-22-26(14-15-29(23)37-35-25-12-10-24(34-2)11-13-25)36-38-30-16-17-31(28-9-5-4-8-27(28)30)39-40-32-18-19-33(42-32)41-20-6-3-7-21-41/h4-5,8-19,22H,3,6-7,20-21H2,1H3. The van der Waals surface area contributed by atoms with Gasteiger partial charge in [0.2, 0.25) is 0 Å². The van der Waals surface area contributed by atoms with Crippen molar-refractivity contribution in [3.63, 3.8) is 0 Å².